The maximum absolute atomic E-state index is 13.0. The maximum Gasteiger partial charge on any atom is 0.337 e. The number of methoxy groups -OCH3 is 2. The molecule has 0 radical (unpaired) electrons. The lowest BCUT2D eigenvalue weighted by Gasteiger charge is -2.74. The van der Waals surface area contributed by atoms with Gasteiger partial charge in [0.1, 0.15) is 18.3 Å². The normalized spacial score (nSPS) is 35.9. The van der Waals surface area contributed by atoms with Gasteiger partial charge in [-0.15, -0.1) is 0 Å². The van der Waals surface area contributed by atoms with E-state index in [1.54, 1.807) is 14.2 Å². The van der Waals surface area contributed by atoms with Gasteiger partial charge >= 0.3 is 5.97 Å². The molecule has 4 bridgehead atoms. The fourth-order valence-corrected chi connectivity index (χ4v) is 9.50. The molecule has 7 atom stereocenters. The molecular formula is C35H51NO9. The number of rotatable bonds is 13. The van der Waals surface area contributed by atoms with Gasteiger partial charge < -0.3 is 38.3 Å². The number of piperidine rings is 1. The molecule has 1 aromatic carbocycles. The van der Waals surface area contributed by atoms with Crippen molar-refractivity contribution in [3.63, 3.8) is 0 Å². The Labute approximate surface area is 266 Å². The summed E-state index contributed by atoms with van der Waals surface area (Å²) in [6, 6.07) is 4.15. The second-order valence-corrected chi connectivity index (χ2v) is 15.4. The monoisotopic (exact) mass is 629 g/mol. The second-order valence-electron chi connectivity index (χ2n) is 15.4. The second kappa shape index (κ2) is 11.1. The molecule has 5 fully saturated rings. The zero-order chi connectivity index (χ0) is 31.8. The number of likely N-dealkylation sites (tertiary alicyclic amines) is 1. The van der Waals surface area contributed by atoms with Crippen molar-refractivity contribution in [1.82, 2.24) is 4.90 Å². The van der Waals surface area contributed by atoms with Gasteiger partial charge in [-0.05, 0) is 68.5 Å². The van der Waals surface area contributed by atoms with Crippen LogP contribution in [-0.2, 0) is 40.3 Å². The number of nitrogens with zero attached hydrogens (tertiary/aromatic N) is 1. The quantitative estimate of drug-likeness (QED) is 0.199. The third kappa shape index (κ3) is 4.57. The highest BCUT2D eigenvalue weighted by Crippen LogP contribution is 2.73. The summed E-state index contributed by atoms with van der Waals surface area (Å²) in [6.07, 6.45) is 4.57. The maximum atomic E-state index is 13.0. The Morgan fingerprint density at radius 1 is 1.09 bits per heavy atom. The molecule has 0 unspecified atom stereocenters. The highest BCUT2D eigenvalue weighted by molar-refractivity contribution is 5.76. The standard InChI is InChI=1S/C35H51NO9/c1-31(2,3)32(4,38)25-18-35-26-17-23-9-10-24(44-27(37)20-42-16-15-41-14-13-39-5)29-28(23)33(35,11-12-36(26)19-22-7-8-22)30(45-29)34(25,40-6)21-43-35/h9-10,22,25-26,30,38H,7-8,11-21H2,1-6H3/t25-,26-,30+,32+,33+,34+,35-/m1/s1. The zero-order valence-electron chi connectivity index (χ0n) is 27.8. The number of aliphatic hydroxyl groups is 1. The molecular weight excluding hydrogens is 578 g/mol. The molecule has 0 amide bonds. The van der Waals surface area contributed by atoms with Crippen molar-refractivity contribution in [2.24, 2.45) is 17.3 Å². The van der Waals surface area contributed by atoms with Gasteiger partial charge in [0.25, 0.3) is 0 Å². The predicted molar refractivity (Wildman–Crippen MR) is 165 cm³/mol. The van der Waals surface area contributed by atoms with Crippen LogP contribution in [0.5, 0.6) is 11.5 Å². The molecule has 0 aromatic heterocycles. The fraction of sp³-hybridized carbons (Fsp3) is 0.800. The number of esters is 1. The predicted octanol–water partition coefficient (Wildman–Crippen LogP) is 3.28. The summed E-state index contributed by atoms with van der Waals surface area (Å²) in [7, 11) is 3.36. The molecule has 10 nitrogen and oxygen atoms in total. The van der Waals surface area contributed by atoms with Crippen LogP contribution in [0.4, 0.5) is 0 Å². The molecule has 3 saturated heterocycles. The molecule has 8 rings (SSSR count). The Hall–Kier alpha value is -1.79. The van der Waals surface area contributed by atoms with Gasteiger partial charge in [-0.3, -0.25) is 4.90 Å². The van der Waals surface area contributed by atoms with E-state index in [9.17, 15) is 9.90 Å². The number of benzene rings is 1. The lowest BCUT2D eigenvalue weighted by Crippen LogP contribution is -2.88. The van der Waals surface area contributed by atoms with E-state index in [0.29, 0.717) is 44.3 Å². The van der Waals surface area contributed by atoms with Crippen molar-refractivity contribution in [3.8, 4) is 11.5 Å². The Balaban J connectivity index is 1.24. The van der Waals surface area contributed by atoms with Crippen LogP contribution in [0.25, 0.3) is 0 Å². The summed E-state index contributed by atoms with van der Waals surface area (Å²) in [6.45, 7) is 12.1. The largest absolute Gasteiger partial charge is 0.482 e. The van der Waals surface area contributed by atoms with Crippen molar-refractivity contribution < 1.29 is 43.1 Å². The summed E-state index contributed by atoms with van der Waals surface area (Å²) < 4.78 is 42.7. The first-order valence-corrected chi connectivity index (χ1v) is 16.8. The number of carbonyl (C=O) groups excluding carboxylic acids is 1. The van der Waals surface area contributed by atoms with Crippen LogP contribution >= 0.6 is 0 Å². The van der Waals surface area contributed by atoms with Gasteiger partial charge in [-0.1, -0.05) is 26.8 Å². The van der Waals surface area contributed by atoms with E-state index in [1.807, 2.05) is 13.0 Å². The van der Waals surface area contributed by atoms with E-state index in [2.05, 4.69) is 31.7 Å². The molecule has 250 valence electrons. The van der Waals surface area contributed by atoms with E-state index in [0.717, 1.165) is 37.4 Å². The van der Waals surface area contributed by atoms with Crippen molar-refractivity contribution in [2.45, 2.75) is 94.2 Å². The van der Waals surface area contributed by atoms with Crippen LogP contribution in [0.15, 0.2) is 12.1 Å². The number of hydrogen-bond acceptors (Lipinski definition) is 10. The van der Waals surface area contributed by atoms with Gasteiger partial charge in [0, 0.05) is 38.3 Å². The van der Waals surface area contributed by atoms with Crippen LogP contribution in [0.2, 0.25) is 0 Å². The van der Waals surface area contributed by atoms with Gasteiger partial charge in [0.2, 0.25) is 0 Å². The molecule has 1 aromatic rings. The Kier molecular flexibility index (Phi) is 7.87. The van der Waals surface area contributed by atoms with E-state index in [1.165, 1.54) is 18.4 Å². The van der Waals surface area contributed by atoms with Gasteiger partial charge in [-0.25, -0.2) is 4.79 Å². The topological polar surface area (TPSA) is 105 Å². The summed E-state index contributed by atoms with van der Waals surface area (Å²) in [5, 5.41) is 12.4. The Morgan fingerprint density at radius 2 is 1.84 bits per heavy atom. The molecule has 2 spiro atoms. The highest BCUT2D eigenvalue weighted by atomic mass is 16.6. The lowest BCUT2D eigenvalue weighted by molar-refractivity contribution is -0.370. The van der Waals surface area contributed by atoms with Crippen molar-refractivity contribution in [1.29, 1.82) is 0 Å². The van der Waals surface area contributed by atoms with E-state index in [4.69, 9.17) is 33.2 Å². The van der Waals surface area contributed by atoms with Crippen molar-refractivity contribution in [3.05, 3.63) is 23.3 Å². The van der Waals surface area contributed by atoms with Crippen molar-refractivity contribution >= 4 is 5.97 Å². The minimum Gasteiger partial charge on any atom is -0.482 e. The molecule has 45 heavy (non-hydrogen) atoms. The lowest BCUT2D eigenvalue weighted by atomic mass is 9.40. The van der Waals surface area contributed by atoms with Crippen LogP contribution in [0.1, 0.15) is 64.5 Å². The van der Waals surface area contributed by atoms with Gasteiger partial charge in [0.05, 0.1) is 49.7 Å². The molecule has 10 heteroatoms. The van der Waals surface area contributed by atoms with E-state index in [-0.39, 0.29) is 25.2 Å². The van der Waals surface area contributed by atoms with Gasteiger partial charge in [0.15, 0.2) is 11.5 Å². The zero-order valence-corrected chi connectivity index (χ0v) is 27.8. The first-order valence-electron chi connectivity index (χ1n) is 16.8. The number of ether oxygens (including phenoxy) is 7. The van der Waals surface area contributed by atoms with E-state index < -0.39 is 39.7 Å². The van der Waals surface area contributed by atoms with Crippen LogP contribution in [0, 0.1) is 17.3 Å². The molecule has 3 aliphatic carbocycles. The molecule has 1 N–H and O–H groups in total. The molecule has 2 saturated carbocycles. The molecule has 4 heterocycles. The van der Waals surface area contributed by atoms with E-state index >= 15 is 0 Å². The number of carbonyl (C=O) groups is 1. The minimum absolute atomic E-state index is 0.165. The third-order valence-corrected chi connectivity index (χ3v) is 12.4. The summed E-state index contributed by atoms with van der Waals surface area (Å²) in [4.78, 5) is 15.7. The Bertz CT molecular complexity index is 1310. The molecule has 4 aliphatic heterocycles. The van der Waals surface area contributed by atoms with Crippen LogP contribution < -0.4 is 9.47 Å². The average Bonchev–Trinajstić information content (AvgIpc) is 3.75. The smallest absolute Gasteiger partial charge is 0.337 e. The number of hydrogen-bond donors (Lipinski definition) is 1. The fourth-order valence-electron chi connectivity index (χ4n) is 9.50. The van der Waals surface area contributed by atoms with Crippen molar-refractivity contribution in [2.75, 3.05) is 67.0 Å². The number of fused-ring (bicyclic) bond motifs is 2. The molecule has 7 aliphatic rings. The third-order valence-electron chi connectivity index (χ3n) is 12.4. The van der Waals surface area contributed by atoms with Crippen LogP contribution in [-0.4, -0.2) is 112 Å². The summed E-state index contributed by atoms with van der Waals surface area (Å²) >= 11 is 0. The summed E-state index contributed by atoms with van der Waals surface area (Å²) in [5.41, 5.74) is -1.04. The highest BCUT2D eigenvalue weighted by Gasteiger charge is 2.84. The average molecular weight is 630 g/mol. The SMILES string of the molecule is COCCOCCOCC(=O)Oc1ccc2c3c1O[C@@H]1[C@]4(OC)CO[C@]5(C[C@@H]4[C@](C)(O)C(C)(C)C)[C@@H](C2)N(CC2CC2)CC[C@]315. The first kappa shape index (κ1) is 31.8. The summed E-state index contributed by atoms with van der Waals surface area (Å²) in [5.74, 6) is 1.06. The van der Waals surface area contributed by atoms with Crippen LogP contribution in [0.3, 0.4) is 0 Å². The first-order chi connectivity index (χ1) is 21.4. The minimum atomic E-state index is -1.06. The van der Waals surface area contributed by atoms with Gasteiger partial charge in [-0.2, -0.15) is 0 Å². The Morgan fingerprint density at radius 3 is 2.56 bits per heavy atom.